The van der Waals surface area contributed by atoms with Gasteiger partial charge in [-0.05, 0) is 43.6 Å². The van der Waals surface area contributed by atoms with Crippen LogP contribution >= 0.6 is 12.2 Å². The van der Waals surface area contributed by atoms with Gasteiger partial charge in [-0.25, -0.2) is 0 Å². The molecule has 0 radical (unpaired) electrons. The summed E-state index contributed by atoms with van der Waals surface area (Å²) in [6.45, 7) is 6.96. The molecule has 0 fully saturated rings. The fourth-order valence-electron chi connectivity index (χ4n) is 1.88. The minimum absolute atomic E-state index is 0.0268. The summed E-state index contributed by atoms with van der Waals surface area (Å²) >= 11 is 5.11. The van der Waals surface area contributed by atoms with Crippen molar-refractivity contribution >= 4 is 34.9 Å². The number of anilines is 1. The lowest BCUT2D eigenvalue weighted by atomic mass is 10.1. The summed E-state index contributed by atoms with van der Waals surface area (Å²) < 4.78 is 10.5. The second-order valence-electron chi connectivity index (χ2n) is 5.87. The van der Waals surface area contributed by atoms with Crippen LogP contribution in [0.25, 0.3) is 0 Å². The van der Waals surface area contributed by atoms with E-state index in [0.29, 0.717) is 19.1 Å². The first-order valence-corrected chi connectivity index (χ1v) is 8.80. The smallest absolute Gasteiger partial charge is 0.306 e. The summed E-state index contributed by atoms with van der Waals surface area (Å²) in [5, 5.41) is 5.64. The number of carbonyl (C=O) groups excluding carboxylic acids is 2. The largest absolute Gasteiger partial charge is 0.494 e. The van der Waals surface area contributed by atoms with Crippen LogP contribution in [-0.4, -0.2) is 30.2 Å². The number of rotatable bonds is 9. The molecule has 0 heterocycles. The molecule has 0 aliphatic rings. The van der Waals surface area contributed by atoms with E-state index in [2.05, 4.69) is 24.5 Å². The van der Waals surface area contributed by atoms with Gasteiger partial charge in [-0.2, -0.15) is 0 Å². The second kappa shape index (κ2) is 11.4. The van der Waals surface area contributed by atoms with E-state index >= 15 is 0 Å². The molecule has 7 heteroatoms. The molecule has 2 N–H and O–H groups in total. The van der Waals surface area contributed by atoms with Gasteiger partial charge < -0.3 is 20.1 Å². The molecule has 0 atom stereocenters. The van der Waals surface area contributed by atoms with Gasteiger partial charge in [-0.1, -0.05) is 19.9 Å². The Morgan fingerprint density at radius 2 is 2.00 bits per heavy atom. The Hall–Kier alpha value is -2.15. The Labute approximate surface area is 154 Å². The van der Waals surface area contributed by atoms with Crippen LogP contribution in [0.3, 0.4) is 0 Å². The maximum atomic E-state index is 11.8. The maximum absolute atomic E-state index is 11.8. The first-order chi connectivity index (χ1) is 11.9. The fourth-order valence-corrected chi connectivity index (χ4v) is 2.11. The zero-order valence-corrected chi connectivity index (χ0v) is 15.8. The van der Waals surface area contributed by atoms with Gasteiger partial charge in [0.2, 0.25) is 5.91 Å². The van der Waals surface area contributed by atoms with E-state index in [0.717, 1.165) is 17.9 Å². The summed E-state index contributed by atoms with van der Waals surface area (Å²) in [4.78, 5) is 23.0. The van der Waals surface area contributed by atoms with Gasteiger partial charge >= 0.3 is 5.97 Å². The second-order valence-corrected chi connectivity index (χ2v) is 6.27. The van der Waals surface area contributed by atoms with Crippen molar-refractivity contribution in [2.45, 2.75) is 40.0 Å². The maximum Gasteiger partial charge on any atom is 0.306 e. The summed E-state index contributed by atoms with van der Waals surface area (Å²) in [6, 6.07) is 7.36. The molecule has 0 aliphatic heterocycles. The minimum atomic E-state index is -0.400. The molecule has 1 aromatic rings. The van der Waals surface area contributed by atoms with Crippen molar-refractivity contribution in [3.05, 3.63) is 24.3 Å². The molecule has 0 aliphatic carbocycles. The third-order valence-electron chi connectivity index (χ3n) is 3.17. The molecule has 0 bridgehead atoms. The number of hydrogen-bond acceptors (Lipinski definition) is 5. The molecule has 0 saturated carbocycles. The standard InChI is InChI=1S/C18H26N2O4S/c1-4-23-17(22)9-8-16(21)20-18(25)19-14-6-5-7-15(12-14)24-11-10-13(2)3/h5-7,12-13H,4,8-11H2,1-3H3,(H2,19,20,21,25). The topological polar surface area (TPSA) is 76.7 Å². The Balaban J connectivity index is 2.40. The number of thiocarbonyl (C=S) groups is 1. The molecule has 0 unspecified atom stereocenters. The van der Waals surface area contributed by atoms with Crippen molar-refractivity contribution in [3.8, 4) is 5.75 Å². The first kappa shape index (κ1) is 20.9. The first-order valence-electron chi connectivity index (χ1n) is 8.40. The van der Waals surface area contributed by atoms with E-state index in [4.69, 9.17) is 21.7 Å². The molecular weight excluding hydrogens is 340 g/mol. The van der Waals surface area contributed by atoms with E-state index in [-0.39, 0.29) is 23.9 Å². The van der Waals surface area contributed by atoms with E-state index in [1.165, 1.54) is 0 Å². The van der Waals surface area contributed by atoms with Crippen LogP contribution in [-0.2, 0) is 14.3 Å². The van der Waals surface area contributed by atoms with Gasteiger partial charge in [0.05, 0.1) is 19.6 Å². The van der Waals surface area contributed by atoms with Crippen molar-refractivity contribution in [1.29, 1.82) is 0 Å². The van der Waals surface area contributed by atoms with Crippen LogP contribution < -0.4 is 15.4 Å². The predicted octanol–water partition coefficient (Wildman–Crippen LogP) is 3.27. The van der Waals surface area contributed by atoms with E-state index in [1.807, 2.05) is 24.3 Å². The highest BCUT2D eigenvalue weighted by molar-refractivity contribution is 7.80. The van der Waals surface area contributed by atoms with Gasteiger partial charge in [-0.15, -0.1) is 0 Å². The number of esters is 1. The lowest BCUT2D eigenvalue weighted by Crippen LogP contribution is -2.34. The van der Waals surface area contributed by atoms with Crippen LogP contribution in [0.15, 0.2) is 24.3 Å². The Kier molecular flexibility index (Phi) is 9.54. The predicted molar refractivity (Wildman–Crippen MR) is 102 cm³/mol. The third kappa shape index (κ3) is 9.66. The molecule has 138 valence electrons. The normalized spacial score (nSPS) is 10.2. The number of carbonyl (C=O) groups is 2. The number of benzene rings is 1. The van der Waals surface area contributed by atoms with Gasteiger partial charge in [0.1, 0.15) is 5.75 Å². The van der Waals surface area contributed by atoms with Crippen molar-refractivity contribution in [3.63, 3.8) is 0 Å². The Morgan fingerprint density at radius 3 is 2.68 bits per heavy atom. The molecule has 0 saturated heterocycles. The van der Waals surface area contributed by atoms with Crippen LogP contribution in [0.4, 0.5) is 5.69 Å². The summed E-state index contributed by atoms with van der Waals surface area (Å²) in [7, 11) is 0. The highest BCUT2D eigenvalue weighted by atomic mass is 32.1. The Bertz CT molecular complexity index is 590. The van der Waals surface area contributed by atoms with Crippen molar-refractivity contribution in [2.24, 2.45) is 5.92 Å². The van der Waals surface area contributed by atoms with E-state index < -0.39 is 5.97 Å². The van der Waals surface area contributed by atoms with E-state index in [1.54, 1.807) is 6.92 Å². The monoisotopic (exact) mass is 366 g/mol. The number of amides is 1. The molecule has 6 nitrogen and oxygen atoms in total. The van der Waals surface area contributed by atoms with Crippen LogP contribution in [0, 0.1) is 5.92 Å². The minimum Gasteiger partial charge on any atom is -0.494 e. The zero-order valence-electron chi connectivity index (χ0n) is 15.0. The van der Waals surface area contributed by atoms with Gasteiger partial charge in [0.25, 0.3) is 0 Å². The summed E-state index contributed by atoms with van der Waals surface area (Å²) in [5.74, 6) is 0.582. The SMILES string of the molecule is CCOC(=O)CCC(=O)NC(=S)Nc1cccc(OCCC(C)C)c1. The van der Waals surface area contributed by atoms with Gasteiger partial charge in [0, 0.05) is 18.2 Å². The number of ether oxygens (including phenoxy) is 2. The molecule has 0 aromatic heterocycles. The van der Waals surface area contributed by atoms with Crippen LogP contribution in [0.5, 0.6) is 5.75 Å². The zero-order chi connectivity index (χ0) is 18.7. The molecule has 1 amide bonds. The lowest BCUT2D eigenvalue weighted by Gasteiger charge is -2.12. The number of nitrogens with one attached hydrogen (secondary N) is 2. The van der Waals surface area contributed by atoms with Crippen molar-refractivity contribution in [2.75, 3.05) is 18.5 Å². The molecule has 0 spiro atoms. The lowest BCUT2D eigenvalue weighted by molar-refractivity contribution is -0.144. The number of hydrogen-bond donors (Lipinski definition) is 2. The van der Waals surface area contributed by atoms with Crippen LogP contribution in [0.2, 0.25) is 0 Å². The average molecular weight is 366 g/mol. The summed E-state index contributed by atoms with van der Waals surface area (Å²) in [5.41, 5.74) is 0.720. The third-order valence-corrected chi connectivity index (χ3v) is 3.37. The summed E-state index contributed by atoms with van der Waals surface area (Å²) in [6.07, 6.45) is 1.03. The van der Waals surface area contributed by atoms with E-state index in [9.17, 15) is 9.59 Å². The highest BCUT2D eigenvalue weighted by Gasteiger charge is 2.09. The molecular formula is C18H26N2O4S. The van der Waals surface area contributed by atoms with Crippen molar-refractivity contribution in [1.82, 2.24) is 5.32 Å². The molecule has 1 aromatic carbocycles. The molecule has 1 rings (SSSR count). The quantitative estimate of drug-likeness (QED) is 0.516. The van der Waals surface area contributed by atoms with Crippen LogP contribution in [0.1, 0.15) is 40.0 Å². The van der Waals surface area contributed by atoms with Crippen molar-refractivity contribution < 1.29 is 19.1 Å². The van der Waals surface area contributed by atoms with Gasteiger partial charge in [0.15, 0.2) is 5.11 Å². The Morgan fingerprint density at radius 1 is 1.24 bits per heavy atom. The average Bonchev–Trinajstić information content (AvgIpc) is 2.53. The van der Waals surface area contributed by atoms with Gasteiger partial charge in [-0.3, -0.25) is 9.59 Å². The highest BCUT2D eigenvalue weighted by Crippen LogP contribution is 2.18. The molecule has 25 heavy (non-hydrogen) atoms. The fraction of sp³-hybridized carbons (Fsp3) is 0.500.